The fourth-order valence-electron chi connectivity index (χ4n) is 1.99. The third-order valence-electron chi connectivity index (χ3n) is 3.15. The van der Waals surface area contributed by atoms with Crippen LogP contribution in [0.15, 0.2) is 12.1 Å². The number of aliphatic hydroxyl groups is 1. The smallest absolute Gasteiger partial charge is 0.123 e. The minimum atomic E-state index is -0.484. The summed E-state index contributed by atoms with van der Waals surface area (Å²) in [4.78, 5) is 0. The molecule has 1 aromatic rings. The molecule has 0 bridgehead atoms. The molecule has 1 aliphatic carbocycles. The van der Waals surface area contributed by atoms with E-state index in [-0.39, 0.29) is 0 Å². The Kier molecular flexibility index (Phi) is 3.13. The predicted octanol–water partition coefficient (Wildman–Crippen LogP) is 2.98. The summed E-state index contributed by atoms with van der Waals surface area (Å²) in [5.74, 6) is 0.828. The van der Waals surface area contributed by atoms with E-state index >= 15 is 0 Å². The standard InChI is InChI=1S/C13H17ClO2/c1-3-10-11(14)6-9(7-12(10)16-2)8-13(15)4-5-13/h6-7,15H,3-5,8H2,1-2H3. The zero-order chi connectivity index (χ0) is 11.8. The molecule has 0 atom stereocenters. The predicted molar refractivity (Wildman–Crippen MR) is 65.3 cm³/mol. The van der Waals surface area contributed by atoms with E-state index in [1.54, 1.807) is 7.11 Å². The van der Waals surface area contributed by atoms with Gasteiger partial charge in [0.25, 0.3) is 0 Å². The second-order valence-corrected chi connectivity index (χ2v) is 4.92. The fourth-order valence-corrected chi connectivity index (χ4v) is 2.36. The normalized spacial score (nSPS) is 17.2. The number of hydrogen-bond acceptors (Lipinski definition) is 2. The number of ether oxygens (including phenoxy) is 1. The van der Waals surface area contributed by atoms with E-state index in [1.165, 1.54) is 0 Å². The molecule has 1 aliphatic rings. The lowest BCUT2D eigenvalue weighted by molar-refractivity contribution is 0.151. The monoisotopic (exact) mass is 240 g/mol. The van der Waals surface area contributed by atoms with E-state index in [2.05, 4.69) is 6.92 Å². The first kappa shape index (κ1) is 11.7. The van der Waals surface area contributed by atoms with Gasteiger partial charge in [0.2, 0.25) is 0 Å². The van der Waals surface area contributed by atoms with Crippen LogP contribution in [0.2, 0.25) is 5.02 Å². The molecule has 1 saturated carbocycles. The van der Waals surface area contributed by atoms with Crippen LogP contribution >= 0.6 is 11.6 Å². The van der Waals surface area contributed by atoms with Crippen LogP contribution in [0.3, 0.4) is 0 Å². The molecular weight excluding hydrogens is 224 g/mol. The quantitative estimate of drug-likeness (QED) is 0.877. The minimum absolute atomic E-state index is 0.484. The Hall–Kier alpha value is -0.730. The number of halogens is 1. The van der Waals surface area contributed by atoms with Gasteiger partial charge in [-0.1, -0.05) is 18.5 Å². The topological polar surface area (TPSA) is 29.5 Å². The maximum atomic E-state index is 9.88. The number of methoxy groups -OCH3 is 1. The van der Waals surface area contributed by atoms with Crippen molar-refractivity contribution in [1.82, 2.24) is 0 Å². The molecule has 0 saturated heterocycles. The van der Waals surface area contributed by atoms with Gasteiger partial charge in [0, 0.05) is 17.0 Å². The summed E-state index contributed by atoms with van der Waals surface area (Å²) in [7, 11) is 1.65. The van der Waals surface area contributed by atoms with Gasteiger partial charge in [-0.2, -0.15) is 0 Å². The lowest BCUT2D eigenvalue weighted by atomic mass is 10.0. The van der Waals surface area contributed by atoms with Crippen molar-refractivity contribution in [2.75, 3.05) is 7.11 Å². The van der Waals surface area contributed by atoms with Crippen LogP contribution in [0.5, 0.6) is 5.75 Å². The second-order valence-electron chi connectivity index (χ2n) is 4.51. The lowest BCUT2D eigenvalue weighted by Gasteiger charge is -2.13. The molecule has 2 nitrogen and oxygen atoms in total. The summed E-state index contributed by atoms with van der Waals surface area (Å²) in [5.41, 5.74) is 1.61. The first-order valence-electron chi connectivity index (χ1n) is 5.65. The maximum absolute atomic E-state index is 9.88. The molecule has 1 fully saturated rings. The molecule has 0 heterocycles. The van der Waals surface area contributed by atoms with Crippen molar-refractivity contribution in [1.29, 1.82) is 0 Å². The molecule has 3 heteroatoms. The number of hydrogen-bond donors (Lipinski definition) is 1. The van der Waals surface area contributed by atoms with Crippen molar-refractivity contribution in [3.05, 3.63) is 28.3 Å². The highest BCUT2D eigenvalue weighted by atomic mass is 35.5. The highest BCUT2D eigenvalue weighted by molar-refractivity contribution is 6.31. The van der Waals surface area contributed by atoms with Crippen molar-refractivity contribution in [2.45, 2.75) is 38.2 Å². The van der Waals surface area contributed by atoms with Gasteiger partial charge in [0.1, 0.15) is 5.75 Å². The van der Waals surface area contributed by atoms with E-state index in [9.17, 15) is 5.11 Å². The summed E-state index contributed by atoms with van der Waals surface area (Å²) in [5, 5.41) is 10.6. The van der Waals surface area contributed by atoms with Crippen LogP contribution in [-0.2, 0) is 12.8 Å². The van der Waals surface area contributed by atoms with Gasteiger partial charge in [-0.15, -0.1) is 0 Å². The summed E-state index contributed by atoms with van der Waals surface area (Å²) >= 11 is 6.20. The highest BCUT2D eigenvalue weighted by Gasteiger charge is 2.40. The van der Waals surface area contributed by atoms with Crippen molar-refractivity contribution >= 4 is 11.6 Å². The van der Waals surface area contributed by atoms with Gasteiger partial charge in [-0.3, -0.25) is 0 Å². The van der Waals surface area contributed by atoms with Crippen LogP contribution < -0.4 is 4.74 Å². The van der Waals surface area contributed by atoms with Gasteiger partial charge < -0.3 is 9.84 Å². The largest absolute Gasteiger partial charge is 0.496 e. The molecule has 0 aromatic heterocycles. The molecule has 88 valence electrons. The Balaban J connectivity index is 2.30. The molecular formula is C13H17ClO2. The van der Waals surface area contributed by atoms with Gasteiger partial charge in [0.15, 0.2) is 0 Å². The minimum Gasteiger partial charge on any atom is -0.496 e. The van der Waals surface area contributed by atoms with E-state index in [4.69, 9.17) is 16.3 Å². The Morgan fingerprint density at radius 1 is 1.44 bits per heavy atom. The zero-order valence-corrected chi connectivity index (χ0v) is 10.5. The van der Waals surface area contributed by atoms with Crippen molar-refractivity contribution in [3.8, 4) is 5.75 Å². The average Bonchev–Trinajstić information content (AvgIpc) is 2.95. The Bertz CT molecular complexity index is 397. The summed E-state index contributed by atoms with van der Waals surface area (Å²) in [6, 6.07) is 3.93. The molecule has 0 amide bonds. The third kappa shape index (κ3) is 2.33. The number of benzene rings is 1. The van der Waals surface area contributed by atoms with Crippen molar-refractivity contribution in [2.24, 2.45) is 0 Å². The molecule has 0 unspecified atom stereocenters. The Morgan fingerprint density at radius 2 is 2.12 bits per heavy atom. The molecule has 0 radical (unpaired) electrons. The Labute approximate surface area is 101 Å². The van der Waals surface area contributed by atoms with Crippen LogP contribution in [0, 0.1) is 0 Å². The first-order chi connectivity index (χ1) is 7.58. The summed E-state index contributed by atoms with van der Waals surface area (Å²) < 4.78 is 5.33. The Morgan fingerprint density at radius 3 is 2.62 bits per heavy atom. The van der Waals surface area contributed by atoms with Crippen LogP contribution in [0.25, 0.3) is 0 Å². The van der Waals surface area contributed by atoms with E-state index in [0.717, 1.165) is 41.2 Å². The second kappa shape index (κ2) is 4.27. The van der Waals surface area contributed by atoms with Crippen LogP contribution in [-0.4, -0.2) is 17.8 Å². The van der Waals surface area contributed by atoms with Gasteiger partial charge in [-0.25, -0.2) is 0 Å². The summed E-state index contributed by atoms with van der Waals surface area (Å²) in [6.07, 6.45) is 3.31. The van der Waals surface area contributed by atoms with E-state index in [0.29, 0.717) is 6.42 Å². The maximum Gasteiger partial charge on any atom is 0.123 e. The highest BCUT2D eigenvalue weighted by Crippen LogP contribution is 2.40. The molecule has 2 rings (SSSR count). The van der Waals surface area contributed by atoms with E-state index in [1.807, 2.05) is 12.1 Å². The number of rotatable bonds is 4. The third-order valence-corrected chi connectivity index (χ3v) is 3.49. The SMILES string of the molecule is CCc1c(Cl)cc(CC2(O)CC2)cc1OC. The van der Waals surface area contributed by atoms with Crippen molar-refractivity contribution in [3.63, 3.8) is 0 Å². The molecule has 16 heavy (non-hydrogen) atoms. The van der Waals surface area contributed by atoms with E-state index < -0.39 is 5.60 Å². The van der Waals surface area contributed by atoms with Gasteiger partial charge in [0.05, 0.1) is 12.7 Å². The summed E-state index contributed by atoms with van der Waals surface area (Å²) in [6.45, 7) is 2.05. The fraction of sp³-hybridized carbons (Fsp3) is 0.538. The molecule has 1 N–H and O–H groups in total. The zero-order valence-electron chi connectivity index (χ0n) is 9.72. The molecule has 0 aliphatic heterocycles. The van der Waals surface area contributed by atoms with Crippen molar-refractivity contribution < 1.29 is 9.84 Å². The molecule has 0 spiro atoms. The van der Waals surface area contributed by atoms with Gasteiger partial charge >= 0.3 is 0 Å². The van der Waals surface area contributed by atoms with Gasteiger partial charge in [-0.05, 0) is 37.0 Å². The molecule has 1 aromatic carbocycles. The van der Waals surface area contributed by atoms with Crippen LogP contribution in [0.4, 0.5) is 0 Å². The van der Waals surface area contributed by atoms with Crippen LogP contribution in [0.1, 0.15) is 30.9 Å². The lowest BCUT2D eigenvalue weighted by Crippen LogP contribution is -2.11. The average molecular weight is 241 g/mol. The first-order valence-corrected chi connectivity index (χ1v) is 6.03.